The fourth-order valence-electron chi connectivity index (χ4n) is 1.83. The van der Waals surface area contributed by atoms with Gasteiger partial charge in [-0.3, -0.25) is 0 Å². The number of H-pyrrole nitrogens is 1. The predicted molar refractivity (Wildman–Crippen MR) is 78.6 cm³/mol. The van der Waals surface area contributed by atoms with E-state index in [4.69, 9.17) is 0 Å². The van der Waals surface area contributed by atoms with Crippen molar-refractivity contribution in [3.63, 3.8) is 0 Å². The van der Waals surface area contributed by atoms with Gasteiger partial charge in [-0.15, -0.1) is 0 Å². The zero-order chi connectivity index (χ0) is 13.1. The number of pyridine rings is 1. The fraction of sp³-hybridized carbons (Fsp3) is 0.143. The van der Waals surface area contributed by atoms with Crippen molar-refractivity contribution in [1.29, 1.82) is 0 Å². The minimum Gasteiger partial charge on any atom is -0.370 e. The van der Waals surface area contributed by atoms with Crippen molar-refractivity contribution >= 4 is 28.6 Å². The maximum Gasteiger partial charge on any atom is 0.172 e. The highest BCUT2D eigenvalue weighted by molar-refractivity contribution is 7.99. The summed E-state index contributed by atoms with van der Waals surface area (Å²) in [5, 5.41) is 5.00. The number of aromatic nitrogens is 3. The number of rotatable bonds is 4. The first-order valence-electron chi connectivity index (χ1n) is 6.18. The van der Waals surface area contributed by atoms with E-state index in [9.17, 15) is 0 Å². The quantitative estimate of drug-likeness (QED) is 0.761. The van der Waals surface area contributed by atoms with Gasteiger partial charge in [-0.05, 0) is 43.0 Å². The third kappa shape index (κ3) is 2.71. The van der Waals surface area contributed by atoms with E-state index in [2.05, 4.69) is 27.2 Å². The molecule has 0 saturated carbocycles. The van der Waals surface area contributed by atoms with Crippen molar-refractivity contribution in [3.05, 3.63) is 42.5 Å². The van der Waals surface area contributed by atoms with E-state index in [0.29, 0.717) is 0 Å². The lowest BCUT2D eigenvalue weighted by atomic mass is 10.3. The number of fused-ring (bicyclic) bond motifs is 1. The van der Waals surface area contributed by atoms with Crippen LogP contribution in [0.4, 0.5) is 5.82 Å². The van der Waals surface area contributed by atoms with Gasteiger partial charge in [0.1, 0.15) is 10.8 Å². The molecule has 0 spiro atoms. The molecular formula is C14H14N4S. The summed E-state index contributed by atoms with van der Waals surface area (Å²) in [6.45, 7) is 2.92. The molecule has 2 aromatic heterocycles. The van der Waals surface area contributed by atoms with Crippen LogP contribution in [0.3, 0.4) is 0 Å². The summed E-state index contributed by atoms with van der Waals surface area (Å²) < 4.78 is 0. The van der Waals surface area contributed by atoms with Crippen molar-refractivity contribution in [3.8, 4) is 0 Å². The lowest BCUT2D eigenvalue weighted by molar-refractivity contribution is 1.05. The number of imidazole rings is 1. The predicted octanol–water partition coefficient (Wildman–Crippen LogP) is 3.54. The number of nitrogens with zero attached hydrogens (tertiary/aromatic N) is 2. The Balaban J connectivity index is 1.85. The van der Waals surface area contributed by atoms with Gasteiger partial charge in [-0.25, -0.2) is 9.97 Å². The summed E-state index contributed by atoms with van der Waals surface area (Å²) in [7, 11) is 0. The molecule has 2 heterocycles. The third-order valence-electron chi connectivity index (χ3n) is 2.65. The van der Waals surface area contributed by atoms with Gasteiger partial charge in [0.05, 0.1) is 11.0 Å². The molecule has 19 heavy (non-hydrogen) atoms. The third-order valence-corrected chi connectivity index (χ3v) is 3.47. The average molecular weight is 270 g/mol. The maximum absolute atomic E-state index is 4.53. The first kappa shape index (κ1) is 12.0. The number of nitrogens with one attached hydrogen (secondary N) is 2. The molecule has 0 aliphatic carbocycles. The van der Waals surface area contributed by atoms with Crippen LogP contribution < -0.4 is 5.32 Å². The molecule has 0 fully saturated rings. The Morgan fingerprint density at radius 1 is 1.11 bits per heavy atom. The lowest BCUT2D eigenvalue weighted by Gasteiger charge is -2.03. The van der Waals surface area contributed by atoms with Gasteiger partial charge in [-0.1, -0.05) is 18.2 Å². The Morgan fingerprint density at radius 2 is 2.00 bits per heavy atom. The number of benzene rings is 1. The molecule has 3 aromatic rings. The summed E-state index contributed by atoms with van der Waals surface area (Å²) >= 11 is 1.54. The van der Waals surface area contributed by atoms with Crippen LogP contribution in [0.5, 0.6) is 0 Å². The largest absolute Gasteiger partial charge is 0.370 e. The molecule has 0 saturated heterocycles. The van der Waals surface area contributed by atoms with Crippen LogP contribution in [-0.4, -0.2) is 21.5 Å². The van der Waals surface area contributed by atoms with Crippen molar-refractivity contribution in [2.24, 2.45) is 0 Å². The van der Waals surface area contributed by atoms with Crippen LogP contribution in [0.2, 0.25) is 0 Å². The molecular weight excluding hydrogens is 256 g/mol. The smallest absolute Gasteiger partial charge is 0.172 e. The van der Waals surface area contributed by atoms with E-state index in [1.165, 1.54) is 11.8 Å². The van der Waals surface area contributed by atoms with Crippen LogP contribution in [0.1, 0.15) is 6.92 Å². The highest BCUT2D eigenvalue weighted by atomic mass is 32.2. The van der Waals surface area contributed by atoms with Crippen molar-refractivity contribution < 1.29 is 0 Å². The van der Waals surface area contributed by atoms with Crippen molar-refractivity contribution in [1.82, 2.24) is 15.0 Å². The summed E-state index contributed by atoms with van der Waals surface area (Å²) in [5.41, 5.74) is 2.03. The standard InChI is InChI=1S/C14H14N4S/c1-2-15-12-8-5-9-13(18-12)19-14-16-10-6-3-4-7-11(10)17-14/h3-9H,2H2,1H3,(H,15,18)(H,16,17). The molecule has 0 bridgehead atoms. The summed E-state index contributed by atoms with van der Waals surface area (Å²) in [6, 6.07) is 14.0. The van der Waals surface area contributed by atoms with Crippen LogP contribution in [0.15, 0.2) is 52.6 Å². The monoisotopic (exact) mass is 270 g/mol. The van der Waals surface area contributed by atoms with E-state index < -0.39 is 0 Å². The van der Waals surface area contributed by atoms with Gasteiger partial charge in [-0.2, -0.15) is 0 Å². The van der Waals surface area contributed by atoms with E-state index in [0.717, 1.165) is 33.6 Å². The Morgan fingerprint density at radius 3 is 2.84 bits per heavy atom. The average Bonchev–Trinajstić information content (AvgIpc) is 2.81. The van der Waals surface area contributed by atoms with Gasteiger partial charge in [0.2, 0.25) is 0 Å². The van der Waals surface area contributed by atoms with E-state index in [1.807, 2.05) is 42.5 Å². The summed E-state index contributed by atoms with van der Waals surface area (Å²) in [6.07, 6.45) is 0. The second-order valence-corrected chi connectivity index (χ2v) is 5.06. The van der Waals surface area contributed by atoms with Gasteiger partial charge in [0, 0.05) is 6.54 Å². The first-order valence-corrected chi connectivity index (χ1v) is 7.00. The van der Waals surface area contributed by atoms with Gasteiger partial charge < -0.3 is 10.3 Å². The van der Waals surface area contributed by atoms with Crippen LogP contribution >= 0.6 is 11.8 Å². The molecule has 2 N–H and O–H groups in total. The van der Waals surface area contributed by atoms with Gasteiger partial charge >= 0.3 is 0 Å². The topological polar surface area (TPSA) is 53.6 Å². The molecule has 0 aliphatic heterocycles. The summed E-state index contributed by atoms with van der Waals surface area (Å²) in [5.74, 6) is 0.892. The zero-order valence-electron chi connectivity index (χ0n) is 10.6. The maximum atomic E-state index is 4.53. The highest BCUT2D eigenvalue weighted by Gasteiger charge is 2.05. The number of aromatic amines is 1. The molecule has 0 unspecified atom stereocenters. The van der Waals surface area contributed by atoms with Gasteiger partial charge in [0.25, 0.3) is 0 Å². The second-order valence-electron chi connectivity index (χ2n) is 4.05. The Labute approximate surface area is 115 Å². The second kappa shape index (κ2) is 5.32. The molecule has 0 radical (unpaired) electrons. The fourth-order valence-corrected chi connectivity index (χ4v) is 2.62. The minimum atomic E-state index is 0.863. The van der Waals surface area contributed by atoms with Crippen molar-refractivity contribution in [2.45, 2.75) is 17.1 Å². The molecule has 96 valence electrons. The molecule has 0 aliphatic rings. The molecule has 1 aromatic carbocycles. The molecule has 5 heteroatoms. The number of hydrogen-bond donors (Lipinski definition) is 2. The van der Waals surface area contributed by atoms with E-state index in [1.54, 1.807) is 0 Å². The van der Waals surface area contributed by atoms with Crippen LogP contribution in [0.25, 0.3) is 11.0 Å². The first-order chi connectivity index (χ1) is 9.35. The number of anilines is 1. The zero-order valence-corrected chi connectivity index (χ0v) is 11.4. The van der Waals surface area contributed by atoms with Crippen LogP contribution in [0, 0.1) is 0 Å². The minimum absolute atomic E-state index is 0.863. The Hall–Kier alpha value is -2.01. The van der Waals surface area contributed by atoms with Crippen LogP contribution in [-0.2, 0) is 0 Å². The molecule has 0 atom stereocenters. The number of hydrogen-bond acceptors (Lipinski definition) is 4. The van der Waals surface area contributed by atoms with E-state index >= 15 is 0 Å². The van der Waals surface area contributed by atoms with Gasteiger partial charge in [0.15, 0.2) is 5.16 Å². The normalized spacial score (nSPS) is 10.8. The van der Waals surface area contributed by atoms with E-state index in [-0.39, 0.29) is 0 Å². The highest BCUT2D eigenvalue weighted by Crippen LogP contribution is 2.26. The molecule has 0 amide bonds. The Kier molecular flexibility index (Phi) is 3.37. The lowest BCUT2D eigenvalue weighted by Crippen LogP contribution is -1.98. The van der Waals surface area contributed by atoms with Crippen molar-refractivity contribution in [2.75, 3.05) is 11.9 Å². The molecule has 4 nitrogen and oxygen atoms in total. The molecule has 3 rings (SSSR count). The Bertz CT molecular complexity index is 659. The SMILES string of the molecule is CCNc1cccc(Sc2nc3ccccc3[nH]2)n1. The summed E-state index contributed by atoms with van der Waals surface area (Å²) in [4.78, 5) is 12.3. The number of para-hydroxylation sites is 2.